The van der Waals surface area contributed by atoms with E-state index in [1.165, 1.54) is 22.8 Å². The Morgan fingerprint density at radius 1 is 1.03 bits per heavy atom. The van der Waals surface area contributed by atoms with E-state index in [4.69, 9.17) is 0 Å². The second-order valence-corrected chi connectivity index (χ2v) is 10.7. The number of hydrogen-bond acceptors (Lipinski definition) is 6. The maximum absolute atomic E-state index is 12.7. The maximum Gasteiger partial charge on any atom is 0.313 e. The van der Waals surface area contributed by atoms with Crippen molar-refractivity contribution in [1.29, 1.82) is 0 Å². The zero-order valence-electron chi connectivity index (χ0n) is 19.4. The van der Waals surface area contributed by atoms with Crippen LogP contribution in [-0.4, -0.2) is 61.6 Å². The van der Waals surface area contributed by atoms with Crippen molar-refractivity contribution < 1.29 is 22.8 Å². The number of aromatic nitrogens is 1. The molecule has 2 aromatic rings. The molecule has 1 aromatic heterocycles. The molecule has 10 nitrogen and oxygen atoms in total. The molecule has 0 atom stereocenters. The van der Waals surface area contributed by atoms with E-state index in [9.17, 15) is 22.8 Å². The minimum absolute atomic E-state index is 0.0525. The molecule has 3 heterocycles. The number of nitrogens with one attached hydrogen (secondary N) is 2. The third kappa shape index (κ3) is 6.04. The predicted octanol–water partition coefficient (Wildman–Crippen LogP) is 1.75. The van der Waals surface area contributed by atoms with Crippen molar-refractivity contribution in [1.82, 2.24) is 14.6 Å². The number of hydrogen-bond donors (Lipinski definition) is 2. The van der Waals surface area contributed by atoms with Gasteiger partial charge in [0.25, 0.3) is 0 Å². The largest absolute Gasteiger partial charge is 0.348 e. The maximum atomic E-state index is 12.7. The third-order valence-corrected chi connectivity index (χ3v) is 8.22. The number of piperidine rings is 2. The molecule has 0 saturated carbocycles. The first-order chi connectivity index (χ1) is 16.8. The molecule has 4 rings (SSSR count). The molecule has 0 radical (unpaired) electrons. The molecule has 2 N–H and O–H groups in total. The van der Waals surface area contributed by atoms with E-state index in [1.807, 2.05) is 0 Å². The standard InChI is InChI=1S/C24H29N5O5S/c30-22-8-1-2-12-29(22)20-6-3-5-19(15-20)27-24(32)23(31)26-16-18-9-13-28(14-10-18)35(33,34)21-7-4-11-25-17-21/h3-7,11,15,17-18H,1-2,8-10,12-14,16H2,(H,26,31)(H,27,32). The number of pyridine rings is 1. The summed E-state index contributed by atoms with van der Waals surface area (Å²) in [5.74, 6) is -1.42. The van der Waals surface area contributed by atoms with E-state index < -0.39 is 21.8 Å². The Bertz CT molecular complexity index is 1180. The molecule has 0 bridgehead atoms. The number of nitrogens with zero attached hydrogens (tertiary/aromatic N) is 3. The Kier molecular flexibility index (Phi) is 7.76. The fourth-order valence-electron chi connectivity index (χ4n) is 4.34. The molecule has 2 fully saturated rings. The molecule has 0 aliphatic carbocycles. The molecule has 35 heavy (non-hydrogen) atoms. The van der Waals surface area contributed by atoms with Gasteiger partial charge in [0.2, 0.25) is 15.9 Å². The minimum atomic E-state index is -3.59. The van der Waals surface area contributed by atoms with Gasteiger partial charge < -0.3 is 15.5 Å². The number of amides is 3. The van der Waals surface area contributed by atoms with Gasteiger partial charge in [0, 0.05) is 56.4 Å². The van der Waals surface area contributed by atoms with Gasteiger partial charge in [-0.25, -0.2) is 8.42 Å². The van der Waals surface area contributed by atoms with Crippen LogP contribution >= 0.6 is 0 Å². The molecule has 2 aliphatic rings. The smallest absolute Gasteiger partial charge is 0.313 e. The van der Waals surface area contributed by atoms with Crippen LogP contribution in [0, 0.1) is 5.92 Å². The van der Waals surface area contributed by atoms with Crippen molar-refractivity contribution in [3.05, 3.63) is 48.8 Å². The fraction of sp³-hybridized carbons (Fsp3) is 0.417. The summed E-state index contributed by atoms with van der Waals surface area (Å²) in [6, 6.07) is 10.0. The van der Waals surface area contributed by atoms with E-state index in [0.717, 1.165) is 12.8 Å². The van der Waals surface area contributed by atoms with Gasteiger partial charge in [-0.15, -0.1) is 0 Å². The van der Waals surface area contributed by atoms with Crippen LogP contribution in [0.25, 0.3) is 0 Å². The lowest BCUT2D eigenvalue weighted by Gasteiger charge is -2.31. The van der Waals surface area contributed by atoms with E-state index in [2.05, 4.69) is 15.6 Å². The topological polar surface area (TPSA) is 129 Å². The minimum Gasteiger partial charge on any atom is -0.348 e. The van der Waals surface area contributed by atoms with Crippen molar-refractivity contribution >= 4 is 39.1 Å². The van der Waals surface area contributed by atoms with E-state index in [-0.39, 0.29) is 23.3 Å². The van der Waals surface area contributed by atoms with Crippen LogP contribution in [-0.2, 0) is 24.4 Å². The van der Waals surface area contributed by atoms with Crippen LogP contribution in [0.15, 0.2) is 53.7 Å². The summed E-state index contributed by atoms with van der Waals surface area (Å²) in [5, 5.41) is 5.24. The normalized spacial score (nSPS) is 17.7. The zero-order chi connectivity index (χ0) is 24.8. The van der Waals surface area contributed by atoms with Crippen molar-refractivity contribution in [2.75, 3.05) is 36.4 Å². The average Bonchev–Trinajstić information content (AvgIpc) is 2.88. The van der Waals surface area contributed by atoms with Gasteiger partial charge in [0.15, 0.2) is 0 Å². The summed E-state index contributed by atoms with van der Waals surface area (Å²) in [6.45, 7) is 1.60. The van der Waals surface area contributed by atoms with Gasteiger partial charge in [0.1, 0.15) is 4.90 Å². The van der Waals surface area contributed by atoms with Crippen LogP contribution in [0.4, 0.5) is 11.4 Å². The molecule has 3 amide bonds. The molecule has 2 aliphatic heterocycles. The van der Waals surface area contributed by atoms with Crippen LogP contribution < -0.4 is 15.5 Å². The highest BCUT2D eigenvalue weighted by atomic mass is 32.2. The third-order valence-electron chi connectivity index (χ3n) is 6.34. The summed E-state index contributed by atoms with van der Waals surface area (Å²) >= 11 is 0. The van der Waals surface area contributed by atoms with Crippen molar-refractivity contribution in [3.63, 3.8) is 0 Å². The lowest BCUT2D eigenvalue weighted by molar-refractivity contribution is -0.136. The van der Waals surface area contributed by atoms with Gasteiger partial charge in [0.05, 0.1) is 0 Å². The number of sulfonamides is 1. The average molecular weight is 500 g/mol. The Labute approximate surface area is 204 Å². The van der Waals surface area contributed by atoms with Crippen LogP contribution in [0.3, 0.4) is 0 Å². The number of rotatable bonds is 6. The zero-order valence-corrected chi connectivity index (χ0v) is 20.2. The summed E-state index contributed by atoms with van der Waals surface area (Å²) < 4.78 is 26.8. The molecular formula is C24H29N5O5S. The van der Waals surface area contributed by atoms with Crippen LogP contribution in [0.1, 0.15) is 32.1 Å². The Morgan fingerprint density at radius 3 is 2.54 bits per heavy atom. The Hall–Kier alpha value is -3.31. The predicted molar refractivity (Wildman–Crippen MR) is 130 cm³/mol. The van der Waals surface area contributed by atoms with Crippen molar-refractivity contribution in [3.8, 4) is 0 Å². The SMILES string of the molecule is O=C(NCC1CCN(S(=O)(=O)c2cccnc2)CC1)C(=O)Nc1cccc(N2CCCCC2=O)c1. The molecule has 0 unspecified atom stereocenters. The molecule has 11 heteroatoms. The first kappa shape index (κ1) is 24.8. The quantitative estimate of drug-likeness (QED) is 0.583. The fourth-order valence-corrected chi connectivity index (χ4v) is 5.77. The van der Waals surface area contributed by atoms with Crippen molar-refractivity contribution in [2.45, 2.75) is 37.0 Å². The number of anilines is 2. The molecular weight excluding hydrogens is 470 g/mol. The monoisotopic (exact) mass is 499 g/mol. The van der Waals surface area contributed by atoms with Crippen molar-refractivity contribution in [2.24, 2.45) is 5.92 Å². The highest BCUT2D eigenvalue weighted by Crippen LogP contribution is 2.25. The molecule has 0 spiro atoms. The summed E-state index contributed by atoms with van der Waals surface area (Å²) in [6.07, 6.45) is 6.33. The Morgan fingerprint density at radius 2 is 1.83 bits per heavy atom. The van der Waals surface area contributed by atoms with E-state index in [1.54, 1.807) is 35.2 Å². The number of carbonyl (C=O) groups is 3. The second-order valence-electron chi connectivity index (χ2n) is 8.75. The molecule has 1 aromatic carbocycles. The number of carbonyl (C=O) groups excluding carboxylic acids is 3. The lowest BCUT2D eigenvalue weighted by Crippen LogP contribution is -2.43. The van der Waals surface area contributed by atoms with Gasteiger partial charge in [-0.1, -0.05) is 6.07 Å². The van der Waals surface area contributed by atoms with Crippen LogP contribution in [0.5, 0.6) is 0 Å². The van der Waals surface area contributed by atoms with Crippen LogP contribution in [0.2, 0.25) is 0 Å². The first-order valence-corrected chi connectivity index (χ1v) is 13.2. The van der Waals surface area contributed by atoms with Gasteiger partial charge in [-0.2, -0.15) is 4.31 Å². The summed E-state index contributed by atoms with van der Waals surface area (Å²) in [5.41, 5.74) is 1.14. The van der Waals surface area contributed by atoms with Gasteiger partial charge >= 0.3 is 11.8 Å². The van der Waals surface area contributed by atoms with Gasteiger partial charge in [-0.3, -0.25) is 19.4 Å². The first-order valence-electron chi connectivity index (χ1n) is 11.7. The van der Waals surface area contributed by atoms with Gasteiger partial charge in [-0.05, 0) is 61.9 Å². The lowest BCUT2D eigenvalue weighted by atomic mass is 9.98. The summed E-state index contributed by atoms with van der Waals surface area (Å²) in [7, 11) is -3.59. The highest BCUT2D eigenvalue weighted by Gasteiger charge is 2.30. The molecule has 2 saturated heterocycles. The van der Waals surface area contributed by atoms with E-state index >= 15 is 0 Å². The Balaban J connectivity index is 1.25. The molecule has 186 valence electrons. The summed E-state index contributed by atoms with van der Waals surface area (Å²) in [4.78, 5) is 42.6. The highest BCUT2D eigenvalue weighted by molar-refractivity contribution is 7.89. The van der Waals surface area contributed by atoms with E-state index in [0.29, 0.717) is 50.3 Å². The number of benzene rings is 1. The second kappa shape index (κ2) is 11.0.